The predicted molar refractivity (Wildman–Crippen MR) is 52.3 cm³/mol. The number of nitrogens with zero attached hydrogens (tertiary/aromatic N) is 2. The van der Waals surface area contributed by atoms with Gasteiger partial charge in [-0.3, -0.25) is 0 Å². The molecule has 13 heavy (non-hydrogen) atoms. The highest BCUT2D eigenvalue weighted by Crippen LogP contribution is 2.04. The van der Waals surface area contributed by atoms with Gasteiger partial charge in [-0.05, 0) is 19.1 Å². The zero-order valence-corrected chi connectivity index (χ0v) is 7.54. The fraction of sp³-hybridized carbons (Fsp3) is 0.200. The second kappa shape index (κ2) is 4.27. The van der Waals surface area contributed by atoms with Crippen molar-refractivity contribution in [3.63, 3.8) is 0 Å². The number of nitriles is 1. The van der Waals surface area contributed by atoms with Crippen molar-refractivity contribution in [3.05, 3.63) is 36.0 Å². The summed E-state index contributed by atoms with van der Waals surface area (Å²) in [6.07, 6.45) is 0. The van der Waals surface area contributed by atoms with E-state index in [1.165, 1.54) is 0 Å². The molecular weight excluding hydrogens is 162 g/mol. The first-order valence-corrected chi connectivity index (χ1v) is 3.98. The molecule has 0 amide bonds. The van der Waals surface area contributed by atoms with Gasteiger partial charge in [-0.1, -0.05) is 18.2 Å². The summed E-state index contributed by atoms with van der Waals surface area (Å²) in [6.45, 7) is 6.37. The van der Waals surface area contributed by atoms with Gasteiger partial charge in [0, 0.05) is 6.54 Å². The van der Waals surface area contributed by atoms with Crippen molar-refractivity contribution in [1.29, 1.82) is 5.26 Å². The first-order chi connectivity index (χ1) is 6.22. The van der Waals surface area contributed by atoms with Gasteiger partial charge in [0.05, 0.1) is 0 Å². The third kappa shape index (κ3) is 2.96. The highest BCUT2D eigenvalue weighted by Gasteiger charge is 1.94. The monoisotopic (exact) mass is 173 g/mol. The number of anilines is 1. The molecule has 3 nitrogen and oxygen atoms in total. The quantitative estimate of drug-likeness (QED) is 0.710. The second-order valence-electron chi connectivity index (χ2n) is 2.83. The lowest BCUT2D eigenvalue weighted by Crippen LogP contribution is -2.03. The fourth-order valence-electron chi connectivity index (χ4n) is 0.837. The van der Waals surface area contributed by atoms with Crippen LogP contribution in [0.25, 0.3) is 0 Å². The van der Waals surface area contributed by atoms with Crippen LogP contribution in [0.1, 0.15) is 12.6 Å². The number of aromatic nitrogens is 1. The molecule has 0 aromatic carbocycles. The first kappa shape index (κ1) is 9.27. The van der Waals surface area contributed by atoms with Crippen LogP contribution in [0.5, 0.6) is 0 Å². The van der Waals surface area contributed by atoms with E-state index in [0.29, 0.717) is 18.1 Å². The van der Waals surface area contributed by atoms with Gasteiger partial charge in [0.2, 0.25) is 0 Å². The molecule has 0 aliphatic carbocycles. The van der Waals surface area contributed by atoms with E-state index in [1.54, 1.807) is 12.1 Å². The van der Waals surface area contributed by atoms with Crippen LogP contribution in [-0.4, -0.2) is 11.5 Å². The highest BCUT2D eigenvalue weighted by molar-refractivity contribution is 5.39. The Morgan fingerprint density at radius 3 is 3.08 bits per heavy atom. The van der Waals surface area contributed by atoms with Gasteiger partial charge >= 0.3 is 0 Å². The van der Waals surface area contributed by atoms with Crippen molar-refractivity contribution in [2.45, 2.75) is 6.92 Å². The van der Waals surface area contributed by atoms with Crippen LogP contribution in [0.4, 0.5) is 5.82 Å². The van der Waals surface area contributed by atoms with Crippen LogP contribution in [0.15, 0.2) is 30.4 Å². The summed E-state index contributed by atoms with van der Waals surface area (Å²) >= 11 is 0. The number of hydrogen-bond donors (Lipinski definition) is 1. The molecule has 0 radical (unpaired) electrons. The molecule has 0 bridgehead atoms. The molecule has 1 aromatic heterocycles. The fourth-order valence-corrected chi connectivity index (χ4v) is 0.837. The van der Waals surface area contributed by atoms with Crippen molar-refractivity contribution >= 4 is 5.82 Å². The number of pyridine rings is 1. The van der Waals surface area contributed by atoms with Crippen molar-refractivity contribution < 1.29 is 0 Å². The lowest BCUT2D eigenvalue weighted by atomic mass is 10.3. The lowest BCUT2D eigenvalue weighted by molar-refractivity contribution is 1.15. The van der Waals surface area contributed by atoms with Gasteiger partial charge in [-0.2, -0.15) is 5.26 Å². The SMILES string of the molecule is C=C(C)CNc1cccc(C#N)n1. The highest BCUT2D eigenvalue weighted by atomic mass is 15.0. The van der Waals surface area contributed by atoms with E-state index in [0.717, 1.165) is 5.57 Å². The standard InChI is InChI=1S/C10H11N3/c1-8(2)7-12-10-5-3-4-9(6-11)13-10/h3-5H,1,7H2,2H3,(H,12,13). The molecule has 3 heteroatoms. The number of nitrogens with one attached hydrogen (secondary N) is 1. The number of rotatable bonds is 3. The molecule has 1 rings (SSSR count). The van der Waals surface area contributed by atoms with E-state index in [4.69, 9.17) is 5.26 Å². The predicted octanol–water partition coefficient (Wildman–Crippen LogP) is 1.94. The third-order valence-corrected chi connectivity index (χ3v) is 1.43. The maximum Gasteiger partial charge on any atom is 0.142 e. The van der Waals surface area contributed by atoms with Gasteiger partial charge in [-0.15, -0.1) is 0 Å². The number of hydrogen-bond acceptors (Lipinski definition) is 3. The Morgan fingerprint density at radius 1 is 1.69 bits per heavy atom. The van der Waals surface area contributed by atoms with Crippen LogP contribution < -0.4 is 5.32 Å². The average Bonchev–Trinajstić information content (AvgIpc) is 2.15. The summed E-state index contributed by atoms with van der Waals surface area (Å²) in [5.41, 5.74) is 1.45. The minimum atomic E-state index is 0.423. The lowest BCUT2D eigenvalue weighted by Gasteiger charge is -2.03. The minimum absolute atomic E-state index is 0.423. The Hall–Kier alpha value is -1.82. The Balaban J connectivity index is 2.68. The zero-order valence-electron chi connectivity index (χ0n) is 7.54. The van der Waals surface area contributed by atoms with Gasteiger partial charge in [0.15, 0.2) is 0 Å². The maximum absolute atomic E-state index is 8.58. The molecule has 1 N–H and O–H groups in total. The summed E-state index contributed by atoms with van der Waals surface area (Å²) in [5.74, 6) is 0.710. The van der Waals surface area contributed by atoms with E-state index in [1.807, 2.05) is 19.1 Å². The van der Waals surface area contributed by atoms with Crippen LogP contribution in [0.2, 0.25) is 0 Å². The van der Waals surface area contributed by atoms with Gasteiger partial charge in [0.25, 0.3) is 0 Å². The smallest absolute Gasteiger partial charge is 0.142 e. The molecule has 1 heterocycles. The minimum Gasteiger partial charge on any atom is -0.366 e. The second-order valence-corrected chi connectivity index (χ2v) is 2.83. The summed E-state index contributed by atoms with van der Waals surface area (Å²) in [7, 11) is 0. The summed E-state index contributed by atoms with van der Waals surface area (Å²) in [5, 5.41) is 11.6. The zero-order chi connectivity index (χ0) is 9.68. The molecule has 0 unspecified atom stereocenters. The van der Waals surface area contributed by atoms with Crippen LogP contribution >= 0.6 is 0 Å². The van der Waals surface area contributed by atoms with E-state index in [9.17, 15) is 0 Å². The Morgan fingerprint density at radius 2 is 2.46 bits per heavy atom. The van der Waals surface area contributed by atoms with Crippen molar-refractivity contribution in [3.8, 4) is 6.07 Å². The Kier molecular flexibility index (Phi) is 3.04. The van der Waals surface area contributed by atoms with Crippen molar-refractivity contribution in [2.75, 3.05) is 11.9 Å². The Bertz CT molecular complexity index is 349. The normalized spacial score (nSPS) is 8.92. The summed E-state index contributed by atoms with van der Waals surface area (Å²) in [6, 6.07) is 7.28. The van der Waals surface area contributed by atoms with E-state index in [-0.39, 0.29) is 0 Å². The largest absolute Gasteiger partial charge is 0.366 e. The van der Waals surface area contributed by atoms with E-state index >= 15 is 0 Å². The van der Waals surface area contributed by atoms with E-state index < -0.39 is 0 Å². The Labute approximate surface area is 77.7 Å². The molecule has 0 spiro atoms. The molecule has 0 fully saturated rings. The average molecular weight is 173 g/mol. The van der Waals surface area contributed by atoms with Gasteiger partial charge < -0.3 is 5.32 Å². The molecule has 0 aliphatic heterocycles. The third-order valence-electron chi connectivity index (χ3n) is 1.43. The summed E-state index contributed by atoms with van der Waals surface area (Å²) < 4.78 is 0. The molecule has 0 saturated heterocycles. The molecule has 1 aromatic rings. The van der Waals surface area contributed by atoms with Crippen LogP contribution in [0, 0.1) is 11.3 Å². The van der Waals surface area contributed by atoms with Crippen LogP contribution in [-0.2, 0) is 0 Å². The molecule has 0 saturated carbocycles. The van der Waals surface area contributed by atoms with Crippen LogP contribution in [0.3, 0.4) is 0 Å². The molecule has 0 atom stereocenters. The molecule has 0 aliphatic rings. The van der Waals surface area contributed by atoms with Crippen molar-refractivity contribution in [2.24, 2.45) is 0 Å². The molecule has 66 valence electrons. The molecular formula is C10H11N3. The van der Waals surface area contributed by atoms with Gasteiger partial charge in [-0.25, -0.2) is 4.98 Å². The van der Waals surface area contributed by atoms with Gasteiger partial charge in [0.1, 0.15) is 17.6 Å². The topological polar surface area (TPSA) is 48.7 Å². The maximum atomic E-state index is 8.58. The van der Waals surface area contributed by atoms with Crippen molar-refractivity contribution in [1.82, 2.24) is 4.98 Å². The first-order valence-electron chi connectivity index (χ1n) is 3.98. The van der Waals surface area contributed by atoms with E-state index in [2.05, 4.69) is 16.9 Å². The summed E-state index contributed by atoms with van der Waals surface area (Å²) in [4.78, 5) is 4.05.